The summed E-state index contributed by atoms with van der Waals surface area (Å²) in [6.45, 7) is 2.15. The fraction of sp³-hybridized carbons (Fsp3) is 0.200. The van der Waals surface area contributed by atoms with Crippen LogP contribution in [0.3, 0.4) is 0 Å². The Bertz CT molecular complexity index is 509. The van der Waals surface area contributed by atoms with Gasteiger partial charge in [-0.2, -0.15) is 0 Å². The zero-order valence-electron chi connectivity index (χ0n) is 7.99. The van der Waals surface area contributed by atoms with E-state index in [1.165, 1.54) is 11.3 Å². The molecule has 0 aromatic carbocycles. The lowest BCUT2D eigenvalue weighted by Gasteiger charge is -1.95. The van der Waals surface area contributed by atoms with Gasteiger partial charge in [0.1, 0.15) is 10.0 Å². The number of hydrogen-bond donors (Lipinski definition) is 0. The molecular formula is C10H8ClNO2S. The topological polar surface area (TPSA) is 39.2 Å². The van der Waals surface area contributed by atoms with Crippen molar-refractivity contribution in [2.75, 3.05) is 6.61 Å². The lowest BCUT2D eigenvalue weighted by molar-refractivity contribution is 0.0532. The molecular weight excluding hydrogens is 234 g/mol. The summed E-state index contributed by atoms with van der Waals surface area (Å²) in [7, 11) is 0. The Morgan fingerprint density at radius 3 is 3.13 bits per heavy atom. The van der Waals surface area contributed by atoms with Gasteiger partial charge >= 0.3 is 5.97 Å². The Hall–Kier alpha value is -1.13. The number of pyridine rings is 1. The summed E-state index contributed by atoms with van der Waals surface area (Å²) < 4.78 is 5.85. The molecule has 0 fully saturated rings. The fourth-order valence-corrected chi connectivity index (χ4v) is 2.45. The van der Waals surface area contributed by atoms with Crippen LogP contribution in [0.15, 0.2) is 18.3 Å². The molecule has 0 atom stereocenters. The van der Waals surface area contributed by atoms with E-state index in [1.54, 1.807) is 19.2 Å². The van der Waals surface area contributed by atoms with E-state index in [-0.39, 0.29) is 5.97 Å². The van der Waals surface area contributed by atoms with Crippen molar-refractivity contribution in [3.8, 4) is 0 Å². The van der Waals surface area contributed by atoms with Gasteiger partial charge in [-0.05, 0) is 19.1 Å². The van der Waals surface area contributed by atoms with Gasteiger partial charge in [0.15, 0.2) is 0 Å². The Morgan fingerprint density at radius 1 is 1.67 bits per heavy atom. The standard InChI is InChI=1S/C10H8ClNO2S/c1-2-14-10(13)8-5-6-7(15-8)3-4-12-9(6)11/h3-5H,2H2,1H3. The highest BCUT2D eigenvalue weighted by atomic mass is 35.5. The first kappa shape index (κ1) is 10.4. The van der Waals surface area contributed by atoms with Crippen LogP contribution in [0.1, 0.15) is 16.6 Å². The molecule has 78 valence electrons. The molecule has 0 aliphatic heterocycles. The maximum atomic E-state index is 11.5. The van der Waals surface area contributed by atoms with Crippen molar-refractivity contribution in [1.29, 1.82) is 0 Å². The highest BCUT2D eigenvalue weighted by molar-refractivity contribution is 7.20. The van der Waals surface area contributed by atoms with Gasteiger partial charge in [0.2, 0.25) is 0 Å². The lowest BCUT2D eigenvalue weighted by atomic mass is 10.3. The number of nitrogens with zero attached hydrogens (tertiary/aromatic N) is 1. The number of hydrogen-bond acceptors (Lipinski definition) is 4. The third kappa shape index (κ3) is 1.96. The third-order valence-corrected chi connectivity index (χ3v) is 3.25. The summed E-state index contributed by atoms with van der Waals surface area (Å²) in [6.07, 6.45) is 1.62. The van der Waals surface area contributed by atoms with Crippen molar-refractivity contribution in [1.82, 2.24) is 4.98 Å². The fourth-order valence-electron chi connectivity index (χ4n) is 1.23. The van der Waals surface area contributed by atoms with Gasteiger partial charge in [-0.1, -0.05) is 11.6 Å². The van der Waals surface area contributed by atoms with Crippen LogP contribution in [0.25, 0.3) is 10.1 Å². The van der Waals surface area contributed by atoms with Crippen LogP contribution in [0, 0.1) is 0 Å². The predicted octanol–water partition coefficient (Wildman–Crippen LogP) is 3.13. The molecule has 0 radical (unpaired) electrons. The predicted molar refractivity (Wildman–Crippen MR) is 60.6 cm³/mol. The second-order valence-electron chi connectivity index (χ2n) is 2.84. The molecule has 0 bridgehead atoms. The molecule has 15 heavy (non-hydrogen) atoms. The van der Waals surface area contributed by atoms with Crippen LogP contribution in [0.5, 0.6) is 0 Å². The SMILES string of the molecule is CCOC(=O)c1cc2c(Cl)nccc2s1. The van der Waals surface area contributed by atoms with Gasteiger partial charge < -0.3 is 4.74 Å². The number of thiophene rings is 1. The van der Waals surface area contributed by atoms with E-state index in [0.717, 1.165) is 10.1 Å². The molecule has 0 aliphatic rings. The average molecular weight is 242 g/mol. The molecule has 3 nitrogen and oxygen atoms in total. The van der Waals surface area contributed by atoms with E-state index < -0.39 is 0 Å². The van der Waals surface area contributed by atoms with Crippen molar-refractivity contribution in [3.05, 3.63) is 28.4 Å². The van der Waals surface area contributed by atoms with E-state index >= 15 is 0 Å². The molecule has 2 rings (SSSR count). The number of fused-ring (bicyclic) bond motifs is 1. The minimum atomic E-state index is -0.310. The first-order chi connectivity index (χ1) is 7.22. The van der Waals surface area contributed by atoms with Crippen LogP contribution >= 0.6 is 22.9 Å². The number of carbonyl (C=O) groups is 1. The summed E-state index contributed by atoms with van der Waals surface area (Å²) in [5, 5.41) is 1.21. The Morgan fingerprint density at radius 2 is 2.47 bits per heavy atom. The molecule has 0 aliphatic carbocycles. The van der Waals surface area contributed by atoms with Crippen molar-refractivity contribution >= 4 is 39.0 Å². The monoisotopic (exact) mass is 241 g/mol. The van der Waals surface area contributed by atoms with E-state index in [2.05, 4.69) is 4.98 Å². The Balaban J connectivity index is 2.47. The number of aromatic nitrogens is 1. The van der Waals surface area contributed by atoms with Gasteiger partial charge in [0.05, 0.1) is 6.61 Å². The summed E-state index contributed by atoms with van der Waals surface area (Å²) in [4.78, 5) is 16.0. The molecule has 2 aromatic rings. The number of rotatable bonds is 2. The molecule has 0 N–H and O–H groups in total. The summed E-state index contributed by atoms with van der Waals surface area (Å²) in [5.41, 5.74) is 0. The molecule has 2 heterocycles. The third-order valence-electron chi connectivity index (χ3n) is 1.87. The number of esters is 1. The van der Waals surface area contributed by atoms with Crippen LogP contribution in [-0.2, 0) is 4.74 Å². The van der Waals surface area contributed by atoms with E-state index in [0.29, 0.717) is 16.6 Å². The number of ether oxygens (including phenoxy) is 1. The number of carbonyl (C=O) groups excluding carboxylic acids is 1. The lowest BCUT2D eigenvalue weighted by Crippen LogP contribution is -2.01. The second kappa shape index (κ2) is 4.16. The van der Waals surface area contributed by atoms with Gasteiger partial charge in [0.25, 0.3) is 0 Å². The maximum absolute atomic E-state index is 11.5. The molecule has 2 aromatic heterocycles. The van der Waals surface area contributed by atoms with Crippen molar-refractivity contribution in [2.45, 2.75) is 6.92 Å². The van der Waals surface area contributed by atoms with E-state index in [4.69, 9.17) is 16.3 Å². The van der Waals surface area contributed by atoms with Crippen LogP contribution < -0.4 is 0 Å². The zero-order valence-corrected chi connectivity index (χ0v) is 9.56. The summed E-state index contributed by atoms with van der Waals surface area (Å²) >= 11 is 7.26. The van der Waals surface area contributed by atoms with Crippen LogP contribution in [-0.4, -0.2) is 17.6 Å². The first-order valence-electron chi connectivity index (χ1n) is 4.43. The van der Waals surface area contributed by atoms with E-state index in [9.17, 15) is 4.79 Å². The Kier molecular flexibility index (Phi) is 2.88. The normalized spacial score (nSPS) is 10.5. The van der Waals surface area contributed by atoms with Gasteiger partial charge in [-0.25, -0.2) is 9.78 Å². The highest BCUT2D eigenvalue weighted by Crippen LogP contribution is 2.29. The summed E-state index contributed by atoms with van der Waals surface area (Å²) in [5.74, 6) is -0.310. The zero-order chi connectivity index (χ0) is 10.8. The van der Waals surface area contributed by atoms with Gasteiger partial charge in [-0.15, -0.1) is 11.3 Å². The quantitative estimate of drug-likeness (QED) is 0.599. The van der Waals surface area contributed by atoms with Crippen molar-refractivity contribution in [2.24, 2.45) is 0 Å². The van der Waals surface area contributed by atoms with E-state index in [1.807, 2.05) is 6.07 Å². The summed E-state index contributed by atoms with van der Waals surface area (Å²) in [6, 6.07) is 3.54. The molecule has 5 heteroatoms. The van der Waals surface area contributed by atoms with Crippen molar-refractivity contribution < 1.29 is 9.53 Å². The molecule has 0 unspecified atom stereocenters. The van der Waals surface area contributed by atoms with Crippen LogP contribution in [0.2, 0.25) is 5.15 Å². The van der Waals surface area contributed by atoms with Gasteiger partial charge in [-0.3, -0.25) is 0 Å². The maximum Gasteiger partial charge on any atom is 0.348 e. The molecule has 0 amide bonds. The van der Waals surface area contributed by atoms with Gasteiger partial charge in [0, 0.05) is 16.3 Å². The highest BCUT2D eigenvalue weighted by Gasteiger charge is 2.12. The van der Waals surface area contributed by atoms with Crippen molar-refractivity contribution in [3.63, 3.8) is 0 Å². The smallest absolute Gasteiger partial charge is 0.348 e. The largest absolute Gasteiger partial charge is 0.462 e. The average Bonchev–Trinajstić information content (AvgIpc) is 2.63. The van der Waals surface area contributed by atoms with Crippen LogP contribution in [0.4, 0.5) is 0 Å². The minimum Gasteiger partial charge on any atom is -0.462 e. The molecule has 0 saturated carbocycles. The minimum absolute atomic E-state index is 0.310. The Labute approximate surface area is 95.6 Å². The second-order valence-corrected chi connectivity index (χ2v) is 4.29. The molecule has 0 saturated heterocycles. The molecule has 0 spiro atoms. The number of halogens is 1. The first-order valence-corrected chi connectivity index (χ1v) is 5.63.